The molecule has 2 aliphatic heterocycles. The van der Waals surface area contributed by atoms with Crippen LogP contribution >= 0.6 is 0 Å². The number of carbonyl (C=O) groups is 1. The molecule has 36 heavy (non-hydrogen) atoms. The van der Waals surface area contributed by atoms with E-state index in [2.05, 4.69) is 20.9 Å². The Morgan fingerprint density at radius 3 is 2.53 bits per heavy atom. The molecule has 6 N–H and O–H groups in total. The highest BCUT2D eigenvalue weighted by molar-refractivity contribution is 6.20. The summed E-state index contributed by atoms with van der Waals surface area (Å²) in [7, 11) is 1.69. The number of para-hydroxylation sites is 1. The lowest BCUT2D eigenvalue weighted by Crippen LogP contribution is -2.44. The molecule has 2 heterocycles. The number of hydrogen-bond acceptors (Lipinski definition) is 9. The van der Waals surface area contributed by atoms with E-state index in [1.807, 2.05) is 53.4 Å². The molecule has 1 fully saturated rings. The van der Waals surface area contributed by atoms with Crippen LogP contribution in [0.1, 0.15) is 11.1 Å². The minimum absolute atomic E-state index is 0.164. The highest BCUT2D eigenvalue weighted by Crippen LogP contribution is 2.23. The molecule has 0 aromatic heterocycles. The highest BCUT2D eigenvalue weighted by atomic mass is 16.5. The SMILES string of the molecule is CN/C(=C(\C=N)C(=N)OC(=N)NC1N=C(c2ccccc2)c2ccccc2NC1=O)N1CCOCC1. The maximum Gasteiger partial charge on any atom is 0.290 e. The van der Waals surface area contributed by atoms with Gasteiger partial charge >= 0.3 is 0 Å². The number of carbonyl (C=O) groups excluding carboxylic acids is 1. The lowest BCUT2D eigenvalue weighted by molar-refractivity contribution is -0.117. The van der Waals surface area contributed by atoms with Crippen molar-refractivity contribution in [3.63, 3.8) is 0 Å². The van der Waals surface area contributed by atoms with Crippen molar-refractivity contribution in [2.75, 3.05) is 38.7 Å². The summed E-state index contributed by atoms with van der Waals surface area (Å²) in [5.41, 5.74) is 2.91. The topological polar surface area (TPSA) is 159 Å². The van der Waals surface area contributed by atoms with E-state index in [0.29, 0.717) is 43.5 Å². The Morgan fingerprint density at radius 2 is 1.83 bits per heavy atom. The fraction of sp³-hybridized carbons (Fsp3) is 0.240. The van der Waals surface area contributed by atoms with Crippen LogP contribution in [0.25, 0.3) is 0 Å². The number of amides is 1. The van der Waals surface area contributed by atoms with E-state index in [1.165, 1.54) is 0 Å². The smallest absolute Gasteiger partial charge is 0.290 e. The summed E-state index contributed by atoms with van der Waals surface area (Å²) >= 11 is 0. The number of nitrogens with zero attached hydrogens (tertiary/aromatic N) is 2. The predicted molar refractivity (Wildman–Crippen MR) is 138 cm³/mol. The number of hydrogen-bond donors (Lipinski definition) is 6. The third-order valence-corrected chi connectivity index (χ3v) is 5.67. The second-order valence-electron chi connectivity index (χ2n) is 7.94. The molecule has 0 aliphatic carbocycles. The number of anilines is 1. The Balaban J connectivity index is 1.56. The molecule has 11 nitrogen and oxygen atoms in total. The summed E-state index contributed by atoms with van der Waals surface area (Å²) < 4.78 is 10.8. The van der Waals surface area contributed by atoms with Crippen molar-refractivity contribution in [3.8, 4) is 0 Å². The molecule has 0 bridgehead atoms. The molecule has 186 valence electrons. The van der Waals surface area contributed by atoms with Crippen molar-refractivity contribution in [1.82, 2.24) is 15.5 Å². The van der Waals surface area contributed by atoms with Gasteiger partial charge in [0, 0.05) is 37.5 Å². The summed E-state index contributed by atoms with van der Waals surface area (Å²) in [6, 6.07) is 16.3. The van der Waals surface area contributed by atoms with Crippen molar-refractivity contribution in [2.45, 2.75) is 6.17 Å². The van der Waals surface area contributed by atoms with Gasteiger partial charge in [0.1, 0.15) is 5.82 Å². The third kappa shape index (κ3) is 5.41. The first-order valence-corrected chi connectivity index (χ1v) is 11.4. The zero-order valence-corrected chi connectivity index (χ0v) is 19.8. The second-order valence-corrected chi connectivity index (χ2v) is 7.94. The monoisotopic (exact) mass is 488 g/mol. The van der Waals surface area contributed by atoms with Crippen molar-refractivity contribution < 1.29 is 14.3 Å². The molecule has 0 spiro atoms. The van der Waals surface area contributed by atoms with E-state index in [1.54, 1.807) is 13.1 Å². The zero-order chi connectivity index (χ0) is 25.5. The Bertz CT molecular complexity index is 1220. The van der Waals surface area contributed by atoms with Crippen LogP contribution in [-0.2, 0) is 14.3 Å². The minimum Gasteiger partial charge on any atom is -0.407 e. The molecule has 1 saturated heterocycles. The van der Waals surface area contributed by atoms with E-state index in [-0.39, 0.29) is 5.57 Å². The molecule has 2 aliphatic rings. The first kappa shape index (κ1) is 24.6. The highest BCUT2D eigenvalue weighted by Gasteiger charge is 2.27. The van der Waals surface area contributed by atoms with Crippen molar-refractivity contribution in [1.29, 1.82) is 16.2 Å². The van der Waals surface area contributed by atoms with E-state index < -0.39 is 24.0 Å². The Hall–Kier alpha value is -4.51. The fourth-order valence-electron chi connectivity index (χ4n) is 3.98. The summed E-state index contributed by atoms with van der Waals surface area (Å²) in [6.45, 7) is 2.25. The van der Waals surface area contributed by atoms with E-state index in [0.717, 1.165) is 17.3 Å². The molecule has 2 aromatic rings. The summed E-state index contributed by atoms with van der Waals surface area (Å²) in [5, 5.41) is 33.0. The van der Waals surface area contributed by atoms with Crippen LogP contribution in [0.4, 0.5) is 5.69 Å². The minimum atomic E-state index is -1.18. The molecule has 1 amide bonds. The van der Waals surface area contributed by atoms with Crippen LogP contribution in [0, 0.1) is 16.2 Å². The zero-order valence-electron chi connectivity index (χ0n) is 19.8. The van der Waals surface area contributed by atoms with Gasteiger partial charge < -0.3 is 35.7 Å². The quantitative estimate of drug-likeness (QED) is 0.268. The van der Waals surface area contributed by atoms with Crippen LogP contribution in [-0.4, -0.2) is 74.2 Å². The maximum absolute atomic E-state index is 13.0. The number of benzene rings is 2. The molecule has 1 atom stereocenters. The number of nitrogens with one attached hydrogen (secondary N) is 6. The molecular weight excluding hydrogens is 460 g/mol. The molecule has 2 aromatic carbocycles. The van der Waals surface area contributed by atoms with Gasteiger partial charge in [0.15, 0.2) is 0 Å². The molecule has 11 heteroatoms. The number of ether oxygens (including phenoxy) is 2. The van der Waals surface area contributed by atoms with Crippen molar-refractivity contribution in [3.05, 3.63) is 77.1 Å². The Morgan fingerprint density at radius 1 is 1.14 bits per heavy atom. The van der Waals surface area contributed by atoms with Crippen LogP contribution in [0.3, 0.4) is 0 Å². The number of benzodiazepines with no additional fused rings is 1. The van der Waals surface area contributed by atoms with E-state index in [4.69, 9.17) is 25.7 Å². The van der Waals surface area contributed by atoms with Crippen LogP contribution in [0.15, 0.2) is 71.0 Å². The van der Waals surface area contributed by atoms with Gasteiger partial charge in [-0.15, -0.1) is 0 Å². The Labute approximate surface area is 208 Å². The van der Waals surface area contributed by atoms with Gasteiger partial charge in [0.2, 0.25) is 12.1 Å². The van der Waals surface area contributed by atoms with Crippen molar-refractivity contribution in [2.24, 2.45) is 4.99 Å². The molecule has 1 unspecified atom stereocenters. The average Bonchev–Trinajstić information content (AvgIpc) is 3.04. The number of fused-ring (bicyclic) bond motifs is 1. The normalized spacial score (nSPS) is 17.9. The number of rotatable bonds is 6. The van der Waals surface area contributed by atoms with Gasteiger partial charge in [-0.1, -0.05) is 48.5 Å². The van der Waals surface area contributed by atoms with Gasteiger partial charge in [-0.25, -0.2) is 4.99 Å². The van der Waals surface area contributed by atoms with Gasteiger partial charge in [-0.05, 0) is 6.07 Å². The van der Waals surface area contributed by atoms with E-state index >= 15 is 0 Å². The molecular formula is C25H28N8O3. The number of aliphatic imine (C=N–C) groups is 1. The predicted octanol–water partition coefficient (Wildman–Crippen LogP) is 1.73. The number of amidine groups is 1. The first-order chi connectivity index (χ1) is 17.5. The van der Waals surface area contributed by atoms with Crippen LogP contribution in [0.5, 0.6) is 0 Å². The van der Waals surface area contributed by atoms with Crippen molar-refractivity contribution >= 4 is 35.4 Å². The maximum atomic E-state index is 13.0. The van der Waals surface area contributed by atoms with Crippen LogP contribution in [0.2, 0.25) is 0 Å². The number of morpholine rings is 1. The second kappa shape index (κ2) is 11.3. The van der Waals surface area contributed by atoms with E-state index in [9.17, 15) is 4.79 Å². The van der Waals surface area contributed by atoms with Gasteiger partial charge in [0.05, 0.1) is 30.2 Å². The average molecular weight is 489 g/mol. The third-order valence-electron chi connectivity index (χ3n) is 5.67. The summed E-state index contributed by atoms with van der Waals surface area (Å²) in [4.78, 5) is 19.5. The standard InChI is InChI=1S/C25H28N8O3/c1-29-23(33-11-13-35-14-12-33)18(15-26)21(27)36-25(28)32-22-24(34)30-19-10-6-5-9-17(19)20(31-22)16-7-3-2-4-8-16/h2-10,15,22,26-27,29H,11-14H2,1H3,(H2,28,32)(H,30,34)/b23-18-,26-15?,27-21?. The first-order valence-electron chi connectivity index (χ1n) is 11.4. The lowest BCUT2D eigenvalue weighted by Gasteiger charge is -2.31. The Kier molecular flexibility index (Phi) is 7.71. The lowest BCUT2D eigenvalue weighted by atomic mass is 10.0. The van der Waals surface area contributed by atoms with Crippen LogP contribution < -0.4 is 16.0 Å². The largest absolute Gasteiger partial charge is 0.407 e. The molecule has 0 saturated carbocycles. The molecule has 4 rings (SSSR count). The molecule has 0 radical (unpaired) electrons. The summed E-state index contributed by atoms with van der Waals surface area (Å²) in [5.74, 6) is -0.360. The van der Waals surface area contributed by atoms with Gasteiger partial charge in [-0.3, -0.25) is 15.6 Å². The van der Waals surface area contributed by atoms with Gasteiger partial charge in [0.25, 0.3) is 11.9 Å². The fourth-order valence-corrected chi connectivity index (χ4v) is 3.98. The van der Waals surface area contributed by atoms with Gasteiger partial charge in [-0.2, -0.15) is 0 Å². The summed E-state index contributed by atoms with van der Waals surface area (Å²) in [6.07, 6.45) is -0.180.